The molecule has 0 aliphatic carbocycles. The van der Waals surface area contributed by atoms with Crippen LogP contribution in [0.5, 0.6) is 0 Å². The Balaban J connectivity index is 2.48. The smallest absolute Gasteiger partial charge is 0.120 e. The molecule has 0 saturated carbocycles. The summed E-state index contributed by atoms with van der Waals surface area (Å²) in [4.78, 5) is 14.0. The van der Waals surface area contributed by atoms with Crippen molar-refractivity contribution in [1.29, 1.82) is 5.41 Å². The maximum Gasteiger partial charge on any atom is 0.120 e. The molecule has 0 radical (unpaired) electrons. The van der Waals surface area contributed by atoms with Crippen molar-refractivity contribution in [3.8, 4) is 0 Å². The first-order chi connectivity index (χ1) is 6.88. The van der Waals surface area contributed by atoms with Crippen molar-refractivity contribution >= 4 is 18.2 Å². The Morgan fingerprint density at radius 2 is 2.43 bits per heavy atom. The van der Waals surface area contributed by atoms with E-state index in [0.29, 0.717) is 6.42 Å². The Bertz CT molecular complexity index is 312. The summed E-state index contributed by atoms with van der Waals surface area (Å²) in [5, 5.41) is 10.3. The molecule has 1 aromatic rings. The van der Waals surface area contributed by atoms with Crippen LogP contribution in [-0.2, 0) is 4.79 Å². The first-order valence-corrected chi connectivity index (χ1v) is 4.50. The van der Waals surface area contributed by atoms with E-state index in [2.05, 4.69) is 10.3 Å². The number of carbonyl (C=O) groups is 1. The summed E-state index contributed by atoms with van der Waals surface area (Å²) in [7, 11) is 0. The zero-order valence-electron chi connectivity index (χ0n) is 7.86. The summed E-state index contributed by atoms with van der Waals surface area (Å²) in [6, 6.07) is 1.77. The number of hydrogen-bond donors (Lipinski definition) is 2. The van der Waals surface area contributed by atoms with E-state index in [1.165, 1.54) is 6.21 Å². The molecule has 0 bridgehead atoms. The third kappa shape index (κ3) is 2.97. The second kappa shape index (κ2) is 5.85. The average molecular weight is 191 g/mol. The van der Waals surface area contributed by atoms with Crippen molar-refractivity contribution in [3.63, 3.8) is 0 Å². The Labute approximate surface area is 82.9 Å². The predicted molar refractivity (Wildman–Crippen MR) is 55.9 cm³/mol. The Hall–Kier alpha value is -1.71. The molecule has 0 saturated heterocycles. The SMILES string of the molecule is N=Cc1ccncc1NCCCC=O. The molecule has 14 heavy (non-hydrogen) atoms. The summed E-state index contributed by atoms with van der Waals surface area (Å²) in [6.07, 6.45) is 6.88. The van der Waals surface area contributed by atoms with Crippen molar-refractivity contribution in [3.05, 3.63) is 24.0 Å². The zero-order chi connectivity index (χ0) is 10.2. The largest absolute Gasteiger partial charge is 0.383 e. The van der Waals surface area contributed by atoms with Crippen LogP contribution in [0.4, 0.5) is 5.69 Å². The van der Waals surface area contributed by atoms with Crippen LogP contribution < -0.4 is 5.32 Å². The lowest BCUT2D eigenvalue weighted by Gasteiger charge is -2.06. The van der Waals surface area contributed by atoms with Gasteiger partial charge in [0.1, 0.15) is 6.29 Å². The number of aromatic nitrogens is 1. The highest BCUT2D eigenvalue weighted by Crippen LogP contribution is 2.10. The van der Waals surface area contributed by atoms with Crippen LogP contribution >= 0.6 is 0 Å². The number of pyridine rings is 1. The van der Waals surface area contributed by atoms with Gasteiger partial charge in [-0.1, -0.05) is 0 Å². The second-order valence-corrected chi connectivity index (χ2v) is 2.84. The van der Waals surface area contributed by atoms with Gasteiger partial charge >= 0.3 is 0 Å². The molecule has 0 unspecified atom stereocenters. The molecule has 1 rings (SSSR count). The van der Waals surface area contributed by atoms with Crippen molar-refractivity contribution in [2.45, 2.75) is 12.8 Å². The van der Waals surface area contributed by atoms with Gasteiger partial charge in [-0.05, 0) is 12.5 Å². The number of rotatable bonds is 6. The Morgan fingerprint density at radius 1 is 1.57 bits per heavy atom. The van der Waals surface area contributed by atoms with E-state index in [-0.39, 0.29) is 0 Å². The first-order valence-electron chi connectivity index (χ1n) is 4.50. The molecule has 0 amide bonds. The summed E-state index contributed by atoms with van der Waals surface area (Å²) in [5.41, 5.74) is 1.65. The average Bonchev–Trinajstić information content (AvgIpc) is 2.25. The van der Waals surface area contributed by atoms with Crippen LogP contribution in [0.25, 0.3) is 0 Å². The van der Waals surface area contributed by atoms with E-state index in [1.807, 2.05) is 0 Å². The van der Waals surface area contributed by atoms with E-state index in [4.69, 9.17) is 5.41 Å². The minimum absolute atomic E-state index is 0.563. The van der Waals surface area contributed by atoms with E-state index in [9.17, 15) is 4.79 Å². The fourth-order valence-electron chi connectivity index (χ4n) is 1.09. The van der Waals surface area contributed by atoms with Gasteiger partial charge in [-0.15, -0.1) is 0 Å². The second-order valence-electron chi connectivity index (χ2n) is 2.84. The molecule has 0 fully saturated rings. The van der Waals surface area contributed by atoms with Gasteiger partial charge in [0.25, 0.3) is 0 Å². The normalized spacial score (nSPS) is 9.43. The van der Waals surface area contributed by atoms with Crippen LogP contribution in [0.2, 0.25) is 0 Å². The van der Waals surface area contributed by atoms with Gasteiger partial charge < -0.3 is 15.5 Å². The molecule has 4 heteroatoms. The van der Waals surface area contributed by atoms with Crippen molar-refractivity contribution in [2.24, 2.45) is 0 Å². The van der Waals surface area contributed by atoms with Crippen LogP contribution in [0, 0.1) is 5.41 Å². The molecule has 0 spiro atoms. The number of unbranched alkanes of at least 4 members (excludes halogenated alkanes) is 1. The van der Waals surface area contributed by atoms with Gasteiger partial charge in [-0.2, -0.15) is 0 Å². The summed E-state index contributed by atoms with van der Waals surface area (Å²) >= 11 is 0. The fourth-order valence-corrected chi connectivity index (χ4v) is 1.09. The molecule has 74 valence electrons. The molecular formula is C10H13N3O. The lowest BCUT2D eigenvalue weighted by Crippen LogP contribution is -2.04. The topological polar surface area (TPSA) is 65.8 Å². The monoisotopic (exact) mass is 191 g/mol. The van der Waals surface area contributed by atoms with E-state index < -0.39 is 0 Å². The summed E-state index contributed by atoms with van der Waals surface area (Å²) in [5.74, 6) is 0. The van der Waals surface area contributed by atoms with Gasteiger partial charge in [-0.25, -0.2) is 0 Å². The van der Waals surface area contributed by atoms with Gasteiger partial charge in [0.05, 0.1) is 11.9 Å². The van der Waals surface area contributed by atoms with Crippen LogP contribution in [0.3, 0.4) is 0 Å². The Morgan fingerprint density at radius 3 is 3.14 bits per heavy atom. The quantitative estimate of drug-likeness (QED) is 0.406. The van der Waals surface area contributed by atoms with Crippen molar-refractivity contribution in [2.75, 3.05) is 11.9 Å². The molecule has 2 N–H and O–H groups in total. The number of nitrogens with zero attached hydrogens (tertiary/aromatic N) is 1. The highest BCUT2D eigenvalue weighted by atomic mass is 16.1. The summed E-state index contributed by atoms with van der Waals surface area (Å²) in [6.45, 7) is 0.727. The minimum Gasteiger partial charge on any atom is -0.383 e. The number of hydrogen-bond acceptors (Lipinski definition) is 4. The maximum atomic E-state index is 10.1. The van der Waals surface area contributed by atoms with E-state index >= 15 is 0 Å². The predicted octanol–water partition coefficient (Wildman–Crippen LogP) is 1.47. The number of carbonyl (C=O) groups excluding carboxylic acids is 1. The standard InChI is InChI=1S/C10H13N3O/c11-7-9-3-5-12-8-10(9)13-4-1-2-6-14/h3,5-8,11,13H,1-2,4H2. The van der Waals surface area contributed by atoms with Crippen molar-refractivity contribution < 1.29 is 4.79 Å². The van der Waals surface area contributed by atoms with Crippen LogP contribution in [-0.4, -0.2) is 24.0 Å². The molecule has 0 aliphatic heterocycles. The highest BCUT2D eigenvalue weighted by Gasteiger charge is 1.97. The third-order valence-electron chi connectivity index (χ3n) is 1.82. The van der Waals surface area contributed by atoms with Gasteiger partial charge in [0.15, 0.2) is 0 Å². The molecular weight excluding hydrogens is 178 g/mol. The molecule has 0 atom stereocenters. The maximum absolute atomic E-state index is 10.1. The molecule has 1 heterocycles. The highest BCUT2D eigenvalue weighted by molar-refractivity contribution is 5.85. The third-order valence-corrected chi connectivity index (χ3v) is 1.82. The number of nitrogens with one attached hydrogen (secondary N) is 2. The minimum atomic E-state index is 0.563. The van der Waals surface area contributed by atoms with Gasteiger partial charge in [0, 0.05) is 30.9 Å². The number of anilines is 1. The molecule has 0 aliphatic rings. The van der Waals surface area contributed by atoms with E-state index in [0.717, 1.165) is 30.5 Å². The lowest BCUT2D eigenvalue weighted by molar-refractivity contribution is -0.107. The molecule has 1 aromatic heterocycles. The number of aldehydes is 1. The first kappa shape index (κ1) is 10.4. The van der Waals surface area contributed by atoms with Gasteiger partial charge in [0.2, 0.25) is 0 Å². The fraction of sp³-hybridized carbons (Fsp3) is 0.300. The molecule has 0 aromatic carbocycles. The van der Waals surface area contributed by atoms with Crippen LogP contribution in [0.15, 0.2) is 18.5 Å². The lowest BCUT2D eigenvalue weighted by atomic mass is 10.2. The summed E-state index contributed by atoms with van der Waals surface area (Å²) < 4.78 is 0. The van der Waals surface area contributed by atoms with E-state index in [1.54, 1.807) is 18.5 Å². The van der Waals surface area contributed by atoms with Gasteiger partial charge in [-0.3, -0.25) is 4.98 Å². The molecule has 4 nitrogen and oxygen atoms in total. The zero-order valence-corrected chi connectivity index (χ0v) is 7.86. The Kier molecular flexibility index (Phi) is 4.34. The van der Waals surface area contributed by atoms with Crippen LogP contribution in [0.1, 0.15) is 18.4 Å². The van der Waals surface area contributed by atoms with Crippen molar-refractivity contribution in [1.82, 2.24) is 4.98 Å².